The van der Waals surface area contributed by atoms with E-state index in [0.717, 1.165) is 30.9 Å². The van der Waals surface area contributed by atoms with Crippen molar-refractivity contribution < 1.29 is 0 Å². The molecule has 2 rings (SSSR count). The maximum absolute atomic E-state index is 11.0. The van der Waals surface area contributed by atoms with Gasteiger partial charge in [0, 0.05) is 11.4 Å². The highest BCUT2D eigenvalue weighted by molar-refractivity contribution is 5.09. The summed E-state index contributed by atoms with van der Waals surface area (Å²) in [6.07, 6.45) is 3.50. The lowest BCUT2D eigenvalue weighted by atomic mass is 9.94. The predicted molar refractivity (Wildman–Crippen MR) is 55.4 cm³/mol. The highest BCUT2D eigenvalue weighted by Gasteiger charge is 2.15. The van der Waals surface area contributed by atoms with Crippen molar-refractivity contribution in [3.8, 4) is 0 Å². The van der Waals surface area contributed by atoms with Crippen LogP contribution in [0.3, 0.4) is 0 Å². The summed E-state index contributed by atoms with van der Waals surface area (Å²) in [6, 6.07) is 0. The van der Waals surface area contributed by atoms with Gasteiger partial charge in [-0.2, -0.15) is 0 Å². The molecule has 1 aromatic heterocycles. The normalized spacial score (nSPS) is 22.5. The first-order valence-electron chi connectivity index (χ1n) is 5.24. The van der Waals surface area contributed by atoms with Gasteiger partial charge in [-0.15, -0.1) is 0 Å². The van der Waals surface area contributed by atoms with Crippen molar-refractivity contribution >= 4 is 0 Å². The molecule has 1 fully saturated rings. The van der Waals surface area contributed by atoms with E-state index in [0.29, 0.717) is 5.92 Å². The molecule has 0 bridgehead atoms. The average molecular weight is 195 g/mol. The Morgan fingerprint density at radius 1 is 1.43 bits per heavy atom. The van der Waals surface area contributed by atoms with E-state index in [1.54, 1.807) is 0 Å². The largest absolute Gasteiger partial charge is 0.323 e. The minimum Gasteiger partial charge on any atom is -0.316 e. The second-order valence-electron chi connectivity index (χ2n) is 4.10. The number of aromatic amines is 2. The van der Waals surface area contributed by atoms with Crippen molar-refractivity contribution in [3.05, 3.63) is 21.9 Å². The molecule has 1 unspecified atom stereocenters. The first kappa shape index (κ1) is 9.52. The molecule has 3 N–H and O–H groups in total. The van der Waals surface area contributed by atoms with Crippen LogP contribution in [0.25, 0.3) is 0 Å². The average Bonchev–Trinajstić information content (AvgIpc) is 2.47. The van der Waals surface area contributed by atoms with E-state index in [9.17, 15) is 4.79 Å². The summed E-state index contributed by atoms with van der Waals surface area (Å²) in [5.74, 6) is 0.675. The van der Waals surface area contributed by atoms with Crippen LogP contribution in [0, 0.1) is 12.8 Å². The van der Waals surface area contributed by atoms with Crippen LogP contribution in [0.5, 0.6) is 0 Å². The molecule has 0 aromatic carbocycles. The van der Waals surface area contributed by atoms with Crippen LogP contribution in [0.4, 0.5) is 0 Å². The van der Waals surface area contributed by atoms with E-state index in [2.05, 4.69) is 15.3 Å². The number of aryl methyl sites for hydroxylation is 1. The van der Waals surface area contributed by atoms with Gasteiger partial charge in [0.25, 0.3) is 0 Å². The second kappa shape index (κ2) is 4.00. The summed E-state index contributed by atoms with van der Waals surface area (Å²) in [5.41, 5.74) is 1.98. The fraction of sp³-hybridized carbons (Fsp3) is 0.700. The molecule has 14 heavy (non-hydrogen) atoms. The van der Waals surface area contributed by atoms with E-state index in [-0.39, 0.29) is 5.69 Å². The molecule has 1 atom stereocenters. The van der Waals surface area contributed by atoms with Gasteiger partial charge in [-0.25, -0.2) is 4.79 Å². The topological polar surface area (TPSA) is 60.7 Å². The van der Waals surface area contributed by atoms with Gasteiger partial charge in [-0.3, -0.25) is 0 Å². The Kier molecular flexibility index (Phi) is 2.72. The second-order valence-corrected chi connectivity index (χ2v) is 4.10. The zero-order valence-electron chi connectivity index (χ0n) is 8.52. The summed E-state index contributed by atoms with van der Waals surface area (Å²) in [4.78, 5) is 16.6. The molecule has 1 aromatic rings. The van der Waals surface area contributed by atoms with Crippen LogP contribution in [-0.2, 0) is 6.42 Å². The molecule has 1 aliphatic rings. The first-order valence-corrected chi connectivity index (χ1v) is 5.24. The molecule has 0 amide bonds. The number of hydrogen-bond acceptors (Lipinski definition) is 2. The number of H-pyrrole nitrogens is 2. The Morgan fingerprint density at radius 2 is 2.29 bits per heavy atom. The number of aromatic nitrogens is 2. The molecule has 0 radical (unpaired) electrons. The number of imidazole rings is 1. The van der Waals surface area contributed by atoms with Gasteiger partial charge in [-0.1, -0.05) is 0 Å². The Labute approximate surface area is 83.1 Å². The quantitative estimate of drug-likeness (QED) is 0.645. The number of rotatable bonds is 2. The lowest BCUT2D eigenvalue weighted by Gasteiger charge is -2.22. The van der Waals surface area contributed by atoms with Crippen molar-refractivity contribution in [1.82, 2.24) is 15.3 Å². The zero-order chi connectivity index (χ0) is 9.97. The third kappa shape index (κ3) is 2.07. The molecule has 4 nitrogen and oxygen atoms in total. The van der Waals surface area contributed by atoms with Crippen molar-refractivity contribution in [3.63, 3.8) is 0 Å². The van der Waals surface area contributed by atoms with Crippen LogP contribution >= 0.6 is 0 Å². The molecule has 1 saturated heterocycles. The maximum Gasteiger partial charge on any atom is 0.323 e. The fourth-order valence-electron chi connectivity index (χ4n) is 2.10. The number of hydrogen-bond donors (Lipinski definition) is 3. The maximum atomic E-state index is 11.0. The van der Waals surface area contributed by atoms with E-state index in [4.69, 9.17) is 0 Å². The van der Waals surface area contributed by atoms with Crippen LogP contribution in [0.1, 0.15) is 24.2 Å². The van der Waals surface area contributed by atoms with Crippen molar-refractivity contribution in [2.75, 3.05) is 13.1 Å². The van der Waals surface area contributed by atoms with Crippen molar-refractivity contribution in [2.45, 2.75) is 26.2 Å². The van der Waals surface area contributed by atoms with Gasteiger partial charge in [0.15, 0.2) is 0 Å². The molecule has 1 aliphatic heterocycles. The van der Waals surface area contributed by atoms with Gasteiger partial charge >= 0.3 is 5.69 Å². The smallest absolute Gasteiger partial charge is 0.316 e. The summed E-state index contributed by atoms with van der Waals surface area (Å²) in [7, 11) is 0. The van der Waals surface area contributed by atoms with E-state index in [1.807, 2.05) is 6.92 Å². The van der Waals surface area contributed by atoms with E-state index >= 15 is 0 Å². The van der Waals surface area contributed by atoms with Gasteiger partial charge in [0.1, 0.15) is 0 Å². The van der Waals surface area contributed by atoms with Crippen LogP contribution in [0.15, 0.2) is 4.79 Å². The molecule has 2 heterocycles. The number of nitrogens with one attached hydrogen (secondary N) is 3. The van der Waals surface area contributed by atoms with E-state index in [1.165, 1.54) is 12.8 Å². The highest BCUT2D eigenvalue weighted by atomic mass is 16.1. The molecule has 0 aliphatic carbocycles. The van der Waals surface area contributed by atoms with Crippen LogP contribution in [0.2, 0.25) is 0 Å². The standard InChI is InChI=1S/C10H17N3O/c1-7-9(13-10(14)12-7)5-8-3-2-4-11-6-8/h8,11H,2-6H2,1H3,(H2,12,13,14). The third-order valence-corrected chi connectivity index (χ3v) is 2.91. The lowest BCUT2D eigenvalue weighted by molar-refractivity contribution is 0.373. The minimum atomic E-state index is -0.0822. The summed E-state index contributed by atoms with van der Waals surface area (Å²) in [5, 5.41) is 3.38. The Bertz CT molecular complexity index is 346. The SMILES string of the molecule is Cc1[nH]c(=O)[nH]c1CC1CCCNC1. The highest BCUT2D eigenvalue weighted by Crippen LogP contribution is 2.15. The van der Waals surface area contributed by atoms with E-state index < -0.39 is 0 Å². The van der Waals surface area contributed by atoms with Gasteiger partial charge in [-0.05, 0) is 45.2 Å². The third-order valence-electron chi connectivity index (χ3n) is 2.91. The Morgan fingerprint density at radius 3 is 2.86 bits per heavy atom. The van der Waals surface area contributed by atoms with Crippen molar-refractivity contribution in [1.29, 1.82) is 0 Å². The first-order chi connectivity index (χ1) is 6.75. The Balaban J connectivity index is 2.02. The Hall–Kier alpha value is -1.03. The molecular weight excluding hydrogens is 178 g/mol. The van der Waals surface area contributed by atoms with Gasteiger partial charge < -0.3 is 15.3 Å². The molecule has 78 valence electrons. The molecule has 0 spiro atoms. The molecular formula is C10H17N3O. The van der Waals surface area contributed by atoms with Crippen LogP contribution in [-0.4, -0.2) is 23.1 Å². The lowest BCUT2D eigenvalue weighted by Crippen LogP contribution is -2.31. The monoisotopic (exact) mass is 195 g/mol. The van der Waals surface area contributed by atoms with Crippen LogP contribution < -0.4 is 11.0 Å². The van der Waals surface area contributed by atoms with Gasteiger partial charge in [0.2, 0.25) is 0 Å². The minimum absolute atomic E-state index is 0.0822. The van der Waals surface area contributed by atoms with Gasteiger partial charge in [0.05, 0.1) is 0 Å². The summed E-state index contributed by atoms with van der Waals surface area (Å²) in [6.45, 7) is 4.16. The summed E-state index contributed by atoms with van der Waals surface area (Å²) < 4.78 is 0. The molecule has 4 heteroatoms. The summed E-state index contributed by atoms with van der Waals surface area (Å²) >= 11 is 0. The zero-order valence-corrected chi connectivity index (χ0v) is 8.52. The fourth-order valence-corrected chi connectivity index (χ4v) is 2.10. The number of piperidine rings is 1. The molecule has 0 saturated carbocycles. The van der Waals surface area contributed by atoms with Crippen molar-refractivity contribution in [2.24, 2.45) is 5.92 Å². The predicted octanol–water partition coefficient (Wildman–Crippen LogP) is 0.554.